The Balaban J connectivity index is 1.41. The van der Waals surface area contributed by atoms with Crippen LogP contribution in [-0.4, -0.2) is 42.3 Å². The molecule has 0 spiro atoms. The van der Waals surface area contributed by atoms with Crippen LogP contribution in [0.3, 0.4) is 0 Å². The highest BCUT2D eigenvalue weighted by Gasteiger charge is 2.26. The maximum Gasteiger partial charge on any atom is 0.244 e. The lowest BCUT2D eigenvalue weighted by molar-refractivity contribution is 0.102. The van der Waals surface area contributed by atoms with Crippen LogP contribution in [0.5, 0.6) is 0 Å². The number of piperidine rings is 1. The molecule has 0 N–H and O–H groups in total. The molecule has 0 saturated carbocycles. The minimum Gasteiger partial charge on any atom is -0.293 e. The largest absolute Gasteiger partial charge is 0.293 e. The number of nitrogens with zero attached hydrogens (tertiary/aromatic N) is 2. The van der Waals surface area contributed by atoms with Crippen molar-refractivity contribution in [3.63, 3.8) is 0 Å². The summed E-state index contributed by atoms with van der Waals surface area (Å²) in [6.07, 6.45) is 4.27. The van der Waals surface area contributed by atoms with Gasteiger partial charge in [-0.15, -0.1) is 0 Å². The van der Waals surface area contributed by atoms with Gasteiger partial charge >= 0.3 is 0 Å². The first-order valence-electron chi connectivity index (χ1n) is 9.65. The van der Waals surface area contributed by atoms with E-state index in [-0.39, 0.29) is 16.4 Å². The van der Waals surface area contributed by atoms with Gasteiger partial charge in [0.2, 0.25) is 10.0 Å². The van der Waals surface area contributed by atoms with Gasteiger partial charge in [-0.3, -0.25) is 4.79 Å². The Labute approximate surface area is 175 Å². The van der Waals surface area contributed by atoms with E-state index in [1.807, 2.05) is 42.5 Å². The molecule has 7 heteroatoms. The molecule has 1 aliphatic rings. The fourth-order valence-corrected chi connectivity index (χ4v) is 5.64. The van der Waals surface area contributed by atoms with E-state index in [1.54, 1.807) is 12.1 Å². The van der Waals surface area contributed by atoms with Crippen molar-refractivity contribution in [2.24, 2.45) is 0 Å². The normalized spacial score (nSPS) is 15.4. The Bertz CT molecular complexity index is 1120. The molecule has 0 aliphatic carbocycles. The van der Waals surface area contributed by atoms with Gasteiger partial charge in [-0.1, -0.05) is 54.6 Å². The molecule has 4 rings (SSSR count). The minimum absolute atomic E-state index is 0.0209. The predicted molar refractivity (Wildman–Crippen MR) is 116 cm³/mol. The number of carbonyl (C=O) groups is 1. The SMILES string of the molecule is O=C(CSc1ccc(S(=O)(=O)N2CCCCC2)cn1)c1ccc2ccccc2c1. The van der Waals surface area contributed by atoms with E-state index in [0.717, 1.165) is 30.0 Å². The summed E-state index contributed by atoms with van der Waals surface area (Å²) in [4.78, 5) is 17.0. The van der Waals surface area contributed by atoms with Gasteiger partial charge in [0, 0.05) is 24.8 Å². The van der Waals surface area contributed by atoms with Gasteiger partial charge in [-0.2, -0.15) is 4.31 Å². The van der Waals surface area contributed by atoms with Gasteiger partial charge in [0.1, 0.15) is 4.90 Å². The number of carbonyl (C=O) groups excluding carboxylic acids is 1. The summed E-state index contributed by atoms with van der Waals surface area (Å²) in [5, 5.41) is 2.77. The summed E-state index contributed by atoms with van der Waals surface area (Å²) in [5.41, 5.74) is 0.667. The zero-order valence-electron chi connectivity index (χ0n) is 16.0. The second kappa shape index (κ2) is 8.65. The molecular formula is C22H22N2O3S2. The van der Waals surface area contributed by atoms with Crippen LogP contribution in [0.4, 0.5) is 0 Å². The Morgan fingerprint density at radius 2 is 1.72 bits per heavy atom. The number of sulfonamides is 1. The molecule has 1 aromatic heterocycles. The van der Waals surface area contributed by atoms with Gasteiger partial charge < -0.3 is 0 Å². The monoisotopic (exact) mass is 426 g/mol. The first kappa shape index (κ1) is 20.1. The second-order valence-electron chi connectivity index (χ2n) is 7.07. The molecule has 0 amide bonds. The summed E-state index contributed by atoms with van der Waals surface area (Å²) in [6.45, 7) is 1.14. The number of aromatic nitrogens is 1. The summed E-state index contributed by atoms with van der Waals surface area (Å²) in [5.74, 6) is 0.274. The highest BCUT2D eigenvalue weighted by atomic mass is 32.2. The fourth-order valence-electron chi connectivity index (χ4n) is 3.44. The first-order chi connectivity index (χ1) is 14.0. The van der Waals surface area contributed by atoms with Gasteiger partial charge in [0.05, 0.1) is 10.8 Å². The maximum absolute atomic E-state index is 12.7. The molecule has 1 aliphatic heterocycles. The van der Waals surface area contributed by atoms with E-state index in [0.29, 0.717) is 23.7 Å². The second-order valence-corrected chi connectivity index (χ2v) is 10.0. The summed E-state index contributed by atoms with van der Waals surface area (Å²) < 4.78 is 26.9. The number of fused-ring (bicyclic) bond motifs is 1. The van der Waals surface area contributed by atoms with Crippen LogP contribution < -0.4 is 0 Å². The van der Waals surface area contributed by atoms with Crippen LogP contribution in [0.15, 0.2) is 70.7 Å². The third-order valence-electron chi connectivity index (χ3n) is 5.08. The summed E-state index contributed by atoms with van der Waals surface area (Å²) in [7, 11) is -3.48. The van der Waals surface area contributed by atoms with E-state index in [4.69, 9.17) is 0 Å². The molecule has 2 aromatic carbocycles. The van der Waals surface area contributed by atoms with Crippen LogP contribution >= 0.6 is 11.8 Å². The standard InChI is InChI=1S/C22H22N2O3S2/c25-21(19-9-8-17-6-2-3-7-18(17)14-19)16-28-22-11-10-20(15-23-22)29(26,27)24-12-4-1-5-13-24/h2-3,6-11,14-15H,1,4-5,12-13,16H2. The van der Waals surface area contributed by atoms with E-state index in [2.05, 4.69) is 4.98 Å². The molecule has 0 unspecified atom stereocenters. The number of ketones is 1. The van der Waals surface area contributed by atoms with Crippen molar-refractivity contribution in [2.45, 2.75) is 29.2 Å². The van der Waals surface area contributed by atoms with Gasteiger partial charge in [-0.05, 0) is 41.8 Å². The molecule has 3 aromatic rings. The number of rotatable bonds is 6. The highest BCUT2D eigenvalue weighted by molar-refractivity contribution is 7.99. The van der Waals surface area contributed by atoms with Crippen LogP contribution in [-0.2, 0) is 10.0 Å². The average Bonchev–Trinajstić information content (AvgIpc) is 2.78. The fraction of sp³-hybridized carbons (Fsp3) is 0.273. The number of Topliss-reactive ketones (excluding diaryl/α,β-unsaturated/α-hetero) is 1. The van der Waals surface area contributed by atoms with Crippen molar-refractivity contribution in [3.05, 3.63) is 66.4 Å². The molecule has 1 saturated heterocycles. The van der Waals surface area contributed by atoms with Crippen molar-refractivity contribution < 1.29 is 13.2 Å². The lowest BCUT2D eigenvalue weighted by Gasteiger charge is -2.25. The van der Waals surface area contributed by atoms with Gasteiger partial charge in [0.25, 0.3) is 0 Å². The third-order valence-corrected chi connectivity index (χ3v) is 7.91. The smallest absolute Gasteiger partial charge is 0.244 e. The third kappa shape index (κ3) is 4.52. The van der Waals surface area contributed by atoms with E-state index in [1.165, 1.54) is 22.3 Å². The van der Waals surface area contributed by atoms with Crippen molar-refractivity contribution in [3.8, 4) is 0 Å². The van der Waals surface area contributed by atoms with Gasteiger partial charge in [0.15, 0.2) is 5.78 Å². The van der Waals surface area contributed by atoms with Crippen molar-refractivity contribution >= 4 is 38.3 Å². The molecule has 0 bridgehead atoms. The topological polar surface area (TPSA) is 67.3 Å². The zero-order valence-corrected chi connectivity index (χ0v) is 17.6. The molecule has 2 heterocycles. The lowest BCUT2D eigenvalue weighted by Crippen LogP contribution is -2.35. The quantitative estimate of drug-likeness (QED) is 0.432. The molecule has 0 radical (unpaired) electrons. The van der Waals surface area contributed by atoms with Crippen molar-refractivity contribution in [1.82, 2.24) is 9.29 Å². The Morgan fingerprint density at radius 3 is 2.45 bits per heavy atom. The number of benzene rings is 2. The van der Waals surface area contributed by atoms with E-state index < -0.39 is 10.0 Å². The Hall–Kier alpha value is -2.22. The summed E-state index contributed by atoms with van der Waals surface area (Å²) >= 11 is 1.31. The number of thioether (sulfide) groups is 1. The maximum atomic E-state index is 12.7. The van der Waals surface area contributed by atoms with Crippen molar-refractivity contribution in [2.75, 3.05) is 18.8 Å². The molecule has 29 heavy (non-hydrogen) atoms. The Morgan fingerprint density at radius 1 is 0.966 bits per heavy atom. The highest BCUT2D eigenvalue weighted by Crippen LogP contribution is 2.23. The van der Waals surface area contributed by atoms with Crippen molar-refractivity contribution in [1.29, 1.82) is 0 Å². The molecule has 150 valence electrons. The van der Waals surface area contributed by atoms with E-state index in [9.17, 15) is 13.2 Å². The predicted octanol–water partition coefficient (Wildman–Crippen LogP) is 4.38. The molecular weight excluding hydrogens is 404 g/mol. The Kier molecular flexibility index (Phi) is 5.99. The number of hydrogen-bond acceptors (Lipinski definition) is 5. The van der Waals surface area contributed by atoms with Gasteiger partial charge in [-0.25, -0.2) is 13.4 Å². The molecule has 1 fully saturated rings. The summed E-state index contributed by atoms with van der Waals surface area (Å²) in [6, 6.07) is 16.9. The zero-order chi connectivity index (χ0) is 20.3. The van der Waals surface area contributed by atoms with Crippen LogP contribution in [0.1, 0.15) is 29.6 Å². The van der Waals surface area contributed by atoms with Crippen LogP contribution in [0, 0.1) is 0 Å². The number of pyridine rings is 1. The lowest BCUT2D eigenvalue weighted by atomic mass is 10.1. The van der Waals surface area contributed by atoms with Crippen LogP contribution in [0.25, 0.3) is 10.8 Å². The minimum atomic E-state index is -3.48. The molecule has 5 nitrogen and oxygen atoms in total. The average molecular weight is 427 g/mol. The van der Waals surface area contributed by atoms with Crippen LogP contribution in [0.2, 0.25) is 0 Å². The number of hydrogen-bond donors (Lipinski definition) is 0. The van der Waals surface area contributed by atoms with E-state index >= 15 is 0 Å². The first-order valence-corrected chi connectivity index (χ1v) is 12.1. The molecule has 0 atom stereocenters.